The van der Waals surface area contributed by atoms with E-state index in [1.54, 1.807) is 30.8 Å². The van der Waals surface area contributed by atoms with Crippen LogP contribution in [0.5, 0.6) is 0 Å². The van der Waals surface area contributed by atoms with E-state index < -0.39 is 0 Å². The Morgan fingerprint density at radius 2 is 1.95 bits per heavy atom. The molecule has 0 spiro atoms. The highest BCUT2D eigenvalue weighted by atomic mass is 79.9. The molecule has 22 heavy (non-hydrogen) atoms. The second-order valence-electron chi connectivity index (χ2n) is 4.49. The summed E-state index contributed by atoms with van der Waals surface area (Å²) in [5.74, 6) is 0.446. The van der Waals surface area contributed by atoms with Crippen LogP contribution in [0.4, 0.5) is 0 Å². The quantitative estimate of drug-likeness (QED) is 0.776. The maximum absolute atomic E-state index is 12.2. The Morgan fingerprint density at radius 1 is 1.14 bits per heavy atom. The fraction of sp³-hybridized carbons (Fsp3) is 0.0625. The smallest absolute Gasteiger partial charge is 0.252 e. The van der Waals surface area contributed by atoms with Crippen molar-refractivity contribution in [1.82, 2.24) is 15.3 Å². The molecule has 0 aliphatic carbocycles. The first-order valence-electron chi connectivity index (χ1n) is 6.62. The second-order valence-corrected chi connectivity index (χ2v) is 5.35. The third kappa shape index (κ3) is 3.07. The van der Waals surface area contributed by atoms with Crippen molar-refractivity contribution in [1.29, 1.82) is 0 Å². The molecule has 0 saturated heterocycles. The number of hydrogen-bond donors (Lipinski definition) is 1. The lowest BCUT2D eigenvalue weighted by atomic mass is 10.2. The standard InChI is InChI=1S/C16H12BrN3O2/c17-12-5-2-1-4-11(12)16(21)20-10-13-15(19-8-7-18-13)14-6-3-9-22-14/h1-9H,10H2,(H,20,21). The van der Waals surface area contributed by atoms with Gasteiger partial charge >= 0.3 is 0 Å². The van der Waals surface area contributed by atoms with E-state index in [-0.39, 0.29) is 12.5 Å². The highest BCUT2D eigenvalue weighted by Crippen LogP contribution is 2.20. The van der Waals surface area contributed by atoms with Crippen molar-refractivity contribution in [3.63, 3.8) is 0 Å². The van der Waals surface area contributed by atoms with Crippen LogP contribution in [0.25, 0.3) is 11.5 Å². The Labute approximate surface area is 135 Å². The second kappa shape index (κ2) is 6.53. The van der Waals surface area contributed by atoms with Gasteiger partial charge in [-0.05, 0) is 40.2 Å². The number of nitrogens with one attached hydrogen (secondary N) is 1. The SMILES string of the molecule is O=C(NCc1nccnc1-c1ccco1)c1ccccc1Br. The Kier molecular flexibility index (Phi) is 4.29. The molecule has 0 saturated carbocycles. The van der Waals surface area contributed by atoms with Gasteiger partial charge in [-0.25, -0.2) is 4.98 Å². The summed E-state index contributed by atoms with van der Waals surface area (Å²) in [7, 11) is 0. The Hall–Kier alpha value is -2.47. The molecule has 2 aromatic heterocycles. The number of carbonyl (C=O) groups is 1. The summed E-state index contributed by atoms with van der Waals surface area (Å²) < 4.78 is 6.10. The normalized spacial score (nSPS) is 10.4. The zero-order valence-electron chi connectivity index (χ0n) is 11.5. The average molecular weight is 358 g/mol. The molecule has 0 atom stereocenters. The van der Waals surface area contributed by atoms with Crippen molar-refractivity contribution in [2.45, 2.75) is 6.54 Å². The molecule has 1 N–H and O–H groups in total. The lowest BCUT2D eigenvalue weighted by molar-refractivity contribution is 0.0949. The maximum Gasteiger partial charge on any atom is 0.252 e. The number of rotatable bonds is 4. The molecule has 2 heterocycles. The molecule has 1 aromatic carbocycles. The molecular weight excluding hydrogens is 346 g/mol. The molecule has 0 aliphatic rings. The fourth-order valence-electron chi connectivity index (χ4n) is 2.02. The number of furan rings is 1. The first-order chi connectivity index (χ1) is 10.8. The largest absolute Gasteiger partial charge is 0.463 e. The first kappa shape index (κ1) is 14.5. The van der Waals surface area contributed by atoms with Gasteiger partial charge in [-0.3, -0.25) is 9.78 Å². The summed E-state index contributed by atoms with van der Waals surface area (Å²) in [4.78, 5) is 20.8. The van der Waals surface area contributed by atoms with Gasteiger partial charge in [-0.2, -0.15) is 0 Å². The number of aromatic nitrogens is 2. The molecule has 1 amide bonds. The van der Waals surface area contributed by atoms with Gasteiger partial charge in [0.2, 0.25) is 0 Å². The number of benzene rings is 1. The molecular formula is C16H12BrN3O2. The minimum Gasteiger partial charge on any atom is -0.463 e. The minimum absolute atomic E-state index is 0.177. The maximum atomic E-state index is 12.2. The van der Waals surface area contributed by atoms with E-state index in [9.17, 15) is 4.79 Å². The summed E-state index contributed by atoms with van der Waals surface area (Å²) in [5, 5.41) is 2.85. The zero-order chi connectivity index (χ0) is 15.4. The van der Waals surface area contributed by atoms with Crippen molar-refractivity contribution >= 4 is 21.8 Å². The van der Waals surface area contributed by atoms with Crippen LogP contribution in [0, 0.1) is 0 Å². The third-order valence-corrected chi connectivity index (χ3v) is 3.75. The molecule has 3 aromatic rings. The van der Waals surface area contributed by atoms with Crippen LogP contribution >= 0.6 is 15.9 Å². The minimum atomic E-state index is -0.177. The number of amides is 1. The van der Waals surface area contributed by atoms with Crippen molar-refractivity contribution in [3.8, 4) is 11.5 Å². The highest BCUT2D eigenvalue weighted by molar-refractivity contribution is 9.10. The summed E-state index contributed by atoms with van der Waals surface area (Å²) in [6.07, 6.45) is 4.76. The summed E-state index contributed by atoms with van der Waals surface area (Å²) >= 11 is 3.37. The van der Waals surface area contributed by atoms with Gasteiger partial charge in [0.05, 0.1) is 24.1 Å². The van der Waals surface area contributed by atoms with Crippen LogP contribution in [0.2, 0.25) is 0 Å². The molecule has 0 aliphatic heterocycles. The fourth-order valence-corrected chi connectivity index (χ4v) is 2.48. The van der Waals surface area contributed by atoms with E-state index in [0.29, 0.717) is 22.7 Å². The van der Waals surface area contributed by atoms with Gasteiger partial charge in [0, 0.05) is 16.9 Å². The number of carbonyl (C=O) groups excluding carboxylic acids is 1. The third-order valence-electron chi connectivity index (χ3n) is 3.06. The van der Waals surface area contributed by atoms with Crippen LogP contribution < -0.4 is 5.32 Å². The van der Waals surface area contributed by atoms with E-state index in [4.69, 9.17) is 4.42 Å². The number of halogens is 1. The van der Waals surface area contributed by atoms with Crippen LogP contribution in [0.1, 0.15) is 16.1 Å². The van der Waals surface area contributed by atoms with Crippen molar-refractivity contribution in [2.75, 3.05) is 0 Å². The van der Waals surface area contributed by atoms with Gasteiger partial charge in [0.25, 0.3) is 5.91 Å². The highest BCUT2D eigenvalue weighted by Gasteiger charge is 2.13. The van der Waals surface area contributed by atoms with Crippen molar-refractivity contribution in [2.24, 2.45) is 0 Å². The molecule has 3 rings (SSSR count). The van der Waals surface area contributed by atoms with Crippen molar-refractivity contribution in [3.05, 3.63) is 70.8 Å². The predicted octanol–water partition coefficient (Wildman–Crippen LogP) is 3.43. The van der Waals surface area contributed by atoms with Crippen LogP contribution in [-0.2, 0) is 6.54 Å². The molecule has 110 valence electrons. The molecule has 0 radical (unpaired) electrons. The van der Waals surface area contributed by atoms with Crippen LogP contribution in [-0.4, -0.2) is 15.9 Å². The number of hydrogen-bond acceptors (Lipinski definition) is 4. The Morgan fingerprint density at radius 3 is 2.73 bits per heavy atom. The van der Waals surface area contributed by atoms with E-state index in [2.05, 4.69) is 31.2 Å². The van der Waals surface area contributed by atoms with Gasteiger partial charge in [-0.15, -0.1) is 0 Å². The van der Waals surface area contributed by atoms with Gasteiger partial charge in [0.1, 0.15) is 5.69 Å². The van der Waals surface area contributed by atoms with E-state index in [0.717, 1.165) is 4.47 Å². The molecule has 5 nitrogen and oxygen atoms in total. The predicted molar refractivity (Wildman–Crippen MR) is 85.0 cm³/mol. The summed E-state index contributed by atoms with van der Waals surface area (Å²) in [6.45, 7) is 0.268. The first-order valence-corrected chi connectivity index (χ1v) is 7.41. The lowest BCUT2D eigenvalue weighted by Gasteiger charge is -2.08. The average Bonchev–Trinajstić information content (AvgIpc) is 3.07. The number of nitrogens with zero attached hydrogens (tertiary/aromatic N) is 2. The van der Waals surface area contributed by atoms with Gasteiger partial charge in [0.15, 0.2) is 5.76 Å². The summed E-state index contributed by atoms with van der Waals surface area (Å²) in [6, 6.07) is 10.8. The van der Waals surface area contributed by atoms with E-state index >= 15 is 0 Å². The summed E-state index contributed by atoms with van der Waals surface area (Å²) in [5.41, 5.74) is 1.85. The van der Waals surface area contributed by atoms with Crippen LogP contribution in [0.15, 0.2) is 63.9 Å². The van der Waals surface area contributed by atoms with Gasteiger partial charge in [-0.1, -0.05) is 12.1 Å². The van der Waals surface area contributed by atoms with Crippen LogP contribution in [0.3, 0.4) is 0 Å². The Bertz CT molecular complexity index is 788. The van der Waals surface area contributed by atoms with Crippen molar-refractivity contribution < 1.29 is 9.21 Å². The molecule has 6 heteroatoms. The van der Waals surface area contributed by atoms with E-state index in [1.165, 1.54) is 0 Å². The van der Waals surface area contributed by atoms with Gasteiger partial charge < -0.3 is 9.73 Å². The molecule has 0 fully saturated rings. The monoisotopic (exact) mass is 357 g/mol. The molecule has 0 bridgehead atoms. The topological polar surface area (TPSA) is 68.0 Å². The lowest BCUT2D eigenvalue weighted by Crippen LogP contribution is -2.24. The zero-order valence-corrected chi connectivity index (χ0v) is 13.1. The Balaban J connectivity index is 1.78. The molecule has 0 unspecified atom stereocenters. The van der Waals surface area contributed by atoms with E-state index in [1.807, 2.05) is 24.3 Å².